The normalized spacial score (nSPS) is 13.4. The Balaban J connectivity index is 1.81. The van der Waals surface area contributed by atoms with Crippen molar-refractivity contribution in [2.75, 3.05) is 22.6 Å². The zero-order valence-corrected chi connectivity index (χ0v) is 19.4. The van der Waals surface area contributed by atoms with E-state index < -0.39 is 11.8 Å². The molecule has 0 spiro atoms. The molecule has 4 rings (SSSR count). The molecule has 1 aliphatic heterocycles. The summed E-state index contributed by atoms with van der Waals surface area (Å²) in [4.78, 5) is 39.8. The summed E-state index contributed by atoms with van der Waals surface area (Å²) < 4.78 is 5.42. The van der Waals surface area contributed by atoms with E-state index in [1.807, 2.05) is 38.1 Å². The van der Waals surface area contributed by atoms with Crippen LogP contribution in [-0.2, 0) is 14.4 Å². The van der Waals surface area contributed by atoms with Gasteiger partial charge in [0.1, 0.15) is 11.4 Å². The fourth-order valence-electron chi connectivity index (χ4n) is 3.82. The van der Waals surface area contributed by atoms with Crippen molar-refractivity contribution in [1.29, 1.82) is 0 Å². The molecule has 0 saturated carbocycles. The molecule has 3 aromatic rings. The number of para-hydroxylation sites is 2. The van der Waals surface area contributed by atoms with Crippen LogP contribution >= 0.6 is 0 Å². The predicted octanol–water partition coefficient (Wildman–Crippen LogP) is 4.67. The van der Waals surface area contributed by atoms with Gasteiger partial charge in [-0.3, -0.25) is 14.4 Å². The Bertz CT molecular complexity index is 1330. The summed E-state index contributed by atoms with van der Waals surface area (Å²) in [6.45, 7) is 5.33. The van der Waals surface area contributed by atoms with Crippen molar-refractivity contribution < 1.29 is 19.1 Å². The summed E-state index contributed by atoms with van der Waals surface area (Å²) in [5.41, 5.74) is 4.65. The van der Waals surface area contributed by atoms with Gasteiger partial charge in [-0.2, -0.15) is 0 Å². The van der Waals surface area contributed by atoms with Crippen LogP contribution in [-0.4, -0.2) is 24.8 Å². The summed E-state index contributed by atoms with van der Waals surface area (Å²) >= 11 is 0. The smallest absolute Gasteiger partial charge is 0.282 e. The van der Waals surface area contributed by atoms with Gasteiger partial charge in [0.2, 0.25) is 5.91 Å². The van der Waals surface area contributed by atoms with E-state index in [9.17, 15) is 14.4 Å². The van der Waals surface area contributed by atoms with Gasteiger partial charge in [-0.15, -0.1) is 0 Å². The number of hydrogen-bond acceptors (Lipinski definition) is 5. The number of carbonyl (C=O) groups is 3. The minimum Gasteiger partial charge on any atom is -0.495 e. The first-order chi connectivity index (χ1) is 16.3. The highest BCUT2D eigenvalue weighted by Gasteiger charge is 2.40. The topological polar surface area (TPSA) is 87.7 Å². The molecular weight excluding hydrogens is 430 g/mol. The van der Waals surface area contributed by atoms with E-state index in [4.69, 9.17) is 4.74 Å². The average Bonchev–Trinajstić information content (AvgIpc) is 3.05. The first-order valence-electron chi connectivity index (χ1n) is 10.8. The summed E-state index contributed by atoms with van der Waals surface area (Å²) in [5, 5.41) is 5.84. The molecule has 3 aromatic carbocycles. The Morgan fingerprint density at radius 1 is 0.882 bits per heavy atom. The van der Waals surface area contributed by atoms with Crippen LogP contribution in [0.1, 0.15) is 23.6 Å². The zero-order chi connectivity index (χ0) is 24.4. The largest absolute Gasteiger partial charge is 0.495 e. The number of carbonyl (C=O) groups excluding carboxylic acids is 3. The third-order valence-corrected chi connectivity index (χ3v) is 5.69. The maximum absolute atomic E-state index is 13.6. The monoisotopic (exact) mass is 455 g/mol. The quantitative estimate of drug-likeness (QED) is 0.528. The molecule has 7 heteroatoms. The molecule has 0 atom stereocenters. The van der Waals surface area contributed by atoms with Gasteiger partial charge < -0.3 is 15.4 Å². The molecule has 0 bridgehead atoms. The number of ether oxygens (including phenoxy) is 1. The van der Waals surface area contributed by atoms with Crippen LogP contribution in [0.3, 0.4) is 0 Å². The van der Waals surface area contributed by atoms with Gasteiger partial charge in [0.15, 0.2) is 0 Å². The van der Waals surface area contributed by atoms with Crippen LogP contribution in [0, 0.1) is 13.8 Å². The highest BCUT2D eigenvalue weighted by molar-refractivity contribution is 6.46. The molecular formula is C27H25N3O4. The third kappa shape index (κ3) is 4.28. The molecule has 0 saturated heterocycles. The Morgan fingerprint density at radius 3 is 2.24 bits per heavy atom. The number of nitrogens with one attached hydrogen (secondary N) is 2. The number of aryl methyl sites for hydroxylation is 2. The number of methoxy groups -OCH3 is 1. The van der Waals surface area contributed by atoms with E-state index in [1.165, 1.54) is 11.8 Å². The minimum absolute atomic E-state index is 0.153. The minimum atomic E-state index is -0.458. The third-order valence-electron chi connectivity index (χ3n) is 5.69. The highest BCUT2D eigenvalue weighted by Crippen LogP contribution is 2.36. The van der Waals surface area contributed by atoms with Gasteiger partial charge in [0, 0.05) is 12.6 Å². The first-order valence-corrected chi connectivity index (χ1v) is 10.8. The molecule has 1 aliphatic rings. The fourth-order valence-corrected chi connectivity index (χ4v) is 3.82. The van der Waals surface area contributed by atoms with E-state index in [1.54, 1.807) is 49.6 Å². The van der Waals surface area contributed by atoms with Crippen molar-refractivity contribution in [3.8, 4) is 5.75 Å². The van der Waals surface area contributed by atoms with Gasteiger partial charge in [-0.25, -0.2) is 4.90 Å². The molecule has 0 radical (unpaired) electrons. The molecule has 2 N–H and O–H groups in total. The Hall–Kier alpha value is -4.39. The van der Waals surface area contributed by atoms with Crippen LogP contribution < -0.4 is 20.3 Å². The maximum atomic E-state index is 13.6. The Kier molecular flexibility index (Phi) is 6.19. The number of hydrogen-bond donors (Lipinski definition) is 2. The van der Waals surface area contributed by atoms with Crippen molar-refractivity contribution >= 4 is 40.4 Å². The van der Waals surface area contributed by atoms with Gasteiger partial charge >= 0.3 is 0 Å². The number of nitrogens with zero attached hydrogens (tertiary/aromatic N) is 1. The van der Waals surface area contributed by atoms with E-state index >= 15 is 0 Å². The highest BCUT2D eigenvalue weighted by atomic mass is 16.5. The maximum Gasteiger partial charge on any atom is 0.282 e. The number of anilines is 3. The molecule has 0 unspecified atom stereocenters. The second-order valence-corrected chi connectivity index (χ2v) is 8.05. The van der Waals surface area contributed by atoms with E-state index in [0.717, 1.165) is 11.1 Å². The van der Waals surface area contributed by atoms with Crippen LogP contribution in [0.15, 0.2) is 72.4 Å². The van der Waals surface area contributed by atoms with Crippen LogP contribution in [0.5, 0.6) is 5.75 Å². The van der Waals surface area contributed by atoms with E-state index in [2.05, 4.69) is 10.6 Å². The lowest BCUT2D eigenvalue weighted by molar-refractivity contribution is -0.120. The molecule has 1 heterocycles. The van der Waals surface area contributed by atoms with E-state index in [0.29, 0.717) is 28.4 Å². The van der Waals surface area contributed by atoms with Crippen LogP contribution in [0.4, 0.5) is 17.1 Å². The number of imide groups is 1. The predicted molar refractivity (Wildman–Crippen MR) is 133 cm³/mol. The second kappa shape index (κ2) is 9.23. The molecule has 34 heavy (non-hydrogen) atoms. The Morgan fingerprint density at radius 2 is 1.59 bits per heavy atom. The lowest BCUT2D eigenvalue weighted by Crippen LogP contribution is -2.32. The summed E-state index contributed by atoms with van der Waals surface area (Å²) in [6, 6.07) is 19.5. The summed E-state index contributed by atoms with van der Waals surface area (Å²) in [5.74, 6) is -0.545. The lowest BCUT2D eigenvalue weighted by Gasteiger charge is -2.17. The molecule has 7 nitrogen and oxygen atoms in total. The molecule has 172 valence electrons. The average molecular weight is 456 g/mol. The van der Waals surface area contributed by atoms with Crippen molar-refractivity contribution in [2.45, 2.75) is 20.8 Å². The summed E-state index contributed by atoms with van der Waals surface area (Å²) in [7, 11) is 1.54. The second-order valence-electron chi connectivity index (χ2n) is 8.05. The first kappa shape index (κ1) is 22.8. The van der Waals surface area contributed by atoms with Gasteiger partial charge in [0.05, 0.1) is 24.1 Å². The summed E-state index contributed by atoms with van der Waals surface area (Å²) in [6.07, 6.45) is 0. The van der Waals surface area contributed by atoms with Crippen LogP contribution in [0.25, 0.3) is 5.57 Å². The molecule has 0 fully saturated rings. The zero-order valence-electron chi connectivity index (χ0n) is 19.4. The number of rotatable bonds is 6. The van der Waals surface area contributed by atoms with Crippen molar-refractivity contribution in [3.05, 3.63) is 89.1 Å². The SMILES string of the molecule is COc1ccccc1NC1=C(c2ccc(NC(C)=O)cc2)C(=O)N(c2ccc(C)c(C)c2)C1=O. The number of amides is 3. The number of benzene rings is 3. The lowest BCUT2D eigenvalue weighted by atomic mass is 10.0. The van der Waals surface area contributed by atoms with Crippen molar-refractivity contribution in [1.82, 2.24) is 0 Å². The Labute approximate surface area is 198 Å². The molecule has 0 aromatic heterocycles. The van der Waals surface area contributed by atoms with Gasteiger partial charge in [0.25, 0.3) is 11.8 Å². The van der Waals surface area contributed by atoms with Gasteiger partial charge in [-0.05, 0) is 66.9 Å². The molecule has 0 aliphatic carbocycles. The standard InChI is InChI=1S/C27H25N3O4/c1-16-9-14-21(15-17(16)2)30-26(32)24(19-10-12-20(13-11-19)28-18(3)31)25(27(30)33)29-22-7-5-6-8-23(22)34-4/h5-15,29H,1-4H3,(H,28,31). The van der Waals surface area contributed by atoms with Gasteiger partial charge in [-0.1, -0.05) is 30.3 Å². The van der Waals surface area contributed by atoms with Crippen LogP contribution in [0.2, 0.25) is 0 Å². The van der Waals surface area contributed by atoms with Crippen molar-refractivity contribution in [2.24, 2.45) is 0 Å². The van der Waals surface area contributed by atoms with Crippen molar-refractivity contribution in [3.63, 3.8) is 0 Å². The fraction of sp³-hybridized carbons (Fsp3) is 0.148. The van der Waals surface area contributed by atoms with E-state index in [-0.39, 0.29) is 17.2 Å². The molecule has 3 amide bonds.